The van der Waals surface area contributed by atoms with Gasteiger partial charge in [0, 0.05) is 0 Å². The average molecular weight is 322 g/mol. The Hall–Kier alpha value is 0.0457. The van der Waals surface area contributed by atoms with Gasteiger partial charge in [0.05, 0.1) is 0 Å². The zero-order chi connectivity index (χ0) is 11.4. The summed E-state index contributed by atoms with van der Waals surface area (Å²) in [4.78, 5) is 0. The quantitative estimate of drug-likeness (QED) is 0.737. The molecule has 1 aromatic carbocycles. The van der Waals surface area contributed by atoms with Crippen LogP contribution in [0.1, 0.15) is 12.5 Å². The second kappa shape index (κ2) is 5.95. The van der Waals surface area contributed by atoms with Gasteiger partial charge in [0.15, 0.2) is 0 Å². The minimum absolute atomic E-state index is 0.886. The molecular weight excluding hydrogens is 301 g/mol. The van der Waals surface area contributed by atoms with E-state index in [1.807, 2.05) is 0 Å². The zero-order valence-electron chi connectivity index (χ0n) is 10.4. The third-order valence-corrected chi connectivity index (χ3v) is 11.0. The van der Waals surface area contributed by atoms with Gasteiger partial charge in [0.25, 0.3) is 0 Å². The molecule has 80 valence electrons. The molecule has 0 bridgehead atoms. The van der Waals surface area contributed by atoms with Crippen molar-refractivity contribution < 1.29 is 0 Å². The predicted octanol–water partition coefficient (Wildman–Crippen LogP) is 4.05. The van der Waals surface area contributed by atoms with Crippen LogP contribution in [0.5, 0.6) is 0 Å². The number of allylic oxidation sites excluding steroid dienone is 1. The maximum atomic E-state index is 2.47. The topological polar surface area (TPSA) is 0 Å². The molecule has 1 rings (SSSR count). The molecule has 0 heterocycles. The standard InChI is InChI=1S/C13H20Ge2/c1-11(14(2)3)13(15(4)5)12-9-7-6-8-10-12/h6-10H,1-5H3/b13-11-. The first-order chi connectivity index (χ1) is 7.04. The van der Waals surface area contributed by atoms with E-state index in [1.54, 1.807) is 8.81 Å². The van der Waals surface area contributed by atoms with Gasteiger partial charge < -0.3 is 0 Å². The van der Waals surface area contributed by atoms with Crippen molar-refractivity contribution >= 4 is 33.1 Å². The van der Waals surface area contributed by atoms with Gasteiger partial charge in [0.2, 0.25) is 0 Å². The molecule has 2 radical (unpaired) electrons. The van der Waals surface area contributed by atoms with Crippen LogP contribution in [0, 0.1) is 0 Å². The van der Waals surface area contributed by atoms with Crippen molar-refractivity contribution in [1.82, 2.24) is 0 Å². The summed E-state index contributed by atoms with van der Waals surface area (Å²) >= 11 is -1.86. The fraction of sp³-hybridized carbons (Fsp3) is 0.385. The monoisotopic (exact) mass is 324 g/mol. The van der Waals surface area contributed by atoms with Gasteiger partial charge in [-0.3, -0.25) is 0 Å². The van der Waals surface area contributed by atoms with E-state index in [0.29, 0.717) is 0 Å². The molecule has 0 spiro atoms. The second-order valence-corrected chi connectivity index (χ2v) is 15.4. The van der Waals surface area contributed by atoms with Crippen LogP contribution in [-0.2, 0) is 0 Å². The fourth-order valence-electron chi connectivity index (χ4n) is 1.74. The van der Waals surface area contributed by atoms with Gasteiger partial charge in [-0.25, -0.2) is 0 Å². The van der Waals surface area contributed by atoms with E-state index in [0.717, 1.165) is 0 Å². The molecule has 0 N–H and O–H groups in total. The predicted molar refractivity (Wildman–Crippen MR) is 74.0 cm³/mol. The summed E-state index contributed by atoms with van der Waals surface area (Å²) in [5, 5.41) is 0. The fourth-order valence-corrected chi connectivity index (χ4v) is 11.7. The molecule has 0 atom stereocenters. The summed E-state index contributed by atoms with van der Waals surface area (Å²) in [6.45, 7) is 2.37. The molecule has 0 aliphatic rings. The molecule has 0 aromatic heterocycles. The van der Waals surface area contributed by atoms with Gasteiger partial charge in [0.1, 0.15) is 0 Å². The molecule has 0 fully saturated rings. The van der Waals surface area contributed by atoms with Crippen molar-refractivity contribution in [3.05, 3.63) is 40.3 Å². The Labute approximate surface area is 103 Å². The summed E-state index contributed by atoms with van der Waals surface area (Å²) in [5.74, 6) is 9.85. The second-order valence-electron chi connectivity index (χ2n) is 4.37. The van der Waals surface area contributed by atoms with Crippen molar-refractivity contribution in [2.75, 3.05) is 0 Å². The minimum atomic E-state index is -0.973. The van der Waals surface area contributed by atoms with Crippen LogP contribution in [0.4, 0.5) is 0 Å². The van der Waals surface area contributed by atoms with E-state index < -0.39 is 28.7 Å². The molecular formula is C13H20Ge2. The molecule has 0 saturated carbocycles. The molecule has 0 aliphatic heterocycles. The van der Waals surface area contributed by atoms with Gasteiger partial charge >= 0.3 is 103 Å². The molecule has 0 nitrogen and oxygen atoms in total. The van der Waals surface area contributed by atoms with E-state index in [1.165, 1.54) is 5.56 Å². The normalized spacial score (nSPS) is 13.3. The molecule has 0 aliphatic carbocycles. The maximum absolute atomic E-state index is 2.47. The van der Waals surface area contributed by atoms with E-state index in [9.17, 15) is 0 Å². The van der Waals surface area contributed by atoms with E-state index in [2.05, 4.69) is 60.3 Å². The number of hydrogen-bond acceptors (Lipinski definition) is 0. The Morgan fingerprint density at radius 3 is 1.80 bits per heavy atom. The number of rotatable bonds is 3. The first-order valence-electron chi connectivity index (χ1n) is 5.41. The Morgan fingerprint density at radius 2 is 1.40 bits per heavy atom. The summed E-state index contributed by atoms with van der Waals surface area (Å²) in [6.07, 6.45) is 0. The SMILES string of the molecule is C/[C](=[C](\c1ccccc1)[Ge]([CH3])[CH3])[Ge]([CH3])[CH3]. The Balaban J connectivity index is 3.21. The van der Waals surface area contributed by atoms with Crippen molar-refractivity contribution in [3.8, 4) is 0 Å². The van der Waals surface area contributed by atoms with Crippen LogP contribution >= 0.6 is 0 Å². The Morgan fingerprint density at radius 1 is 0.867 bits per heavy atom. The van der Waals surface area contributed by atoms with Crippen LogP contribution in [0.3, 0.4) is 0 Å². The summed E-state index contributed by atoms with van der Waals surface area (Å²) in [5.41, 5.74) is 1.49. The van der Waals surface area contributed by atoms with Crippen LogP contribution < -0.4 is 0 Å². The van der Waals surface area contributed by atoms with Crippen molar-refractivity contribution in [2.45, 2.75) is 29.9 Å². The van der Waals surface area contributed by atoms with E-state index in [4.69, 9.17) is 0 Å². The molecule has 0 unspecified atom stereocenters. The Bertz CT molecular complexity index is 337. The van der Waals surface area contributed by atoms with E-state index >= 15 is 0 Å². The molecule has 1 aromatic rings. The summed E-state index contributed by atoms with van der Waals surface area (Å²) in [6, 6.07) is 11.0. The molecule has 15 heavy (non-hydrogen) atoms. The van der Waals surface area contributed by atoms with Crippen molar-refractivity contribution in [1.29, 1.82) is 0 Å². The van der Waals surface area contributed by atoms with Crippen LogP contribution in [0.25, 0.3) is 4.41 Å². The zero-order valence-corrected chi connectivity index (χ0v) is 14.6. The molecule has 2 heteroatoms. The summed E-state index contributed by atoms with van der Waals surface area (Å²) in [7, 11) is 0. The van der Waals surface area contributed by atoms with E-state index in [-0.39, 0.29) is 0 Å². The van der Waals surface area contributed by atoms with Gasteiger partial charge in [-0.1, -0.05) is 0 Å². The van der Waals surface area contributed by atoms with Crippen LogP contribution in [0.15, 0.2) is 34.7 Å². The van der Waals surface area contributed by atoms with Gasteiger partial charge in [-0.15, -0.1) is 0 Å². The average Bonchev–Trinajstić information content (AvgIpc) is 2.18. The Kier molecular flexibility index (Phi) is 5.20. The van der Waals surface area contributed by atoms with Crippen molar-refractivity contribution in [2.24, 2.45) is 0 Å². The van der Waals surface area contributed by atoms with Crippen LogP contribution in [-0.4, -0.2) is 28.7 Å². The first kappa shape index (κ1) is 13.1. The molecule has 0 saturated heterocycles. The third kappa shape index (κ3) is 3.52. The van der Waals surface area contributed by atoms with Crippen molar-refractivity contribution in [3.63, 3.8) is 0 Å². The van der Waals surface area contributed by atoms with Gasteiger partial charge in [-0.2, -0.15) is 0 Å². The molecule has 0 amide bonds. The summed E-state index contributed by atoms with van der Waals surface area (Å²) < 4.78 is 3.50. The van der Waals surface area contributed by atoms with Gasteiger partial charge in [-0.05, 0) is 0 Å². The number of hydrogen-bond donors (Lipinski definition) is 0. The first-order valence-corrected chi connectivity index (χ1v) is 15.9. The number of benzene rings is 1. The third-order valence-electron chi connectivity index (χ3n) is 2.69. The van der Waals surface area contributed by atoms with Crippen LogP contribution in [0.2, 0.25) is 23.0 Å².